The number of nitrogens with one attached hydrogen (secondary N) is 1. The normalized spacial score (nSPS) is 23.0. The quantitative estimate of drug-likeness (QED) is 0.769. The van der Waals surface area contributed by atoms with Crippen molar-refractivity contribution in [1.29, 1.82) is 0 Å². The third-order valence-corrected chi connectivity index (χ3v) is 5.99. The Morgan fingerprint density at radius 2 is 1.75 bits per heavy atom. The van der Waals surface area contributed by atoms with E-state index in [-0.39, 0.29) is 11.3 Å². The lowest BCUT2D eigenvalue weighted by molar-refractivity contribution is 0.163. The Hall–Kier alpha value is -1.98. The number of nitrogens with zero attached hydrogens (tertiary/aromatic N) is 1. The van der Waals surface area contributed by atoms with Gasteiger partial charge in [0.15, 0.2) is 0 Å². The number of halogens is 2. The maximum absolute atomic E-state index is 13.6. The van der Waals surface area contributed by atoms with Gasteiger partial charge in [0.25, 0.3) is 0 Å². The molecule has 4 rings (SSSR count). The number of ether oxygens (including phenoxy) is 1. The Balaban J connectivity index is 1.15. The topological polar surface area (TPSA) is 24.5 Å². The van der Waals surface area contributed by atoms with Crippen LogP contribution in [-0.2, 0) is 0 Å². The standard InChI is InChI=1S/C23H28F2N2O/c1-16-21(24)13-19(14-22(16)25)28-12-11-27-9-7-18(8-10-27)26-23-15-20(23)17-5-3-2-4-6-17/h2-6,13-14,18,20,23,26H,7-12,15H2,1H3/t20-,23+/m0/s1. The van der Waals surface area contributed by atoms with E-state index in [1.54, 1.807) is 0 Å². The first-order valence-corrected chi connectivity index (χ1v) is 10.2. The summed E-state index contributed by atoms with van der Waals surface area (Å²) in [5, 5.41) is 3.82. The summed E-state index contributed by atoms with van der Waals surface area (Å²) in [5.41, 5.74) is 1.48. The molecule has 150 valence electrons. The Morgan fingerprint density at radius 1 is 1.07 bits per heavy atom. The molecule has 1 N–H and O–H groups in total. The molecule has 1 saturated heterocycles. The largest absolute Gasteiger partial charge is 0.492 e. The van der Waals surface area contributed by atoms with Gasteiger partial charge in [-0.15, -0.1) is 0 Å². The molecule has 0 bridgehead atoms. The lowest BCUT2D eigenvalue weighted by atomic mass is 10.0. The number of benzene rings is 2. The van der Waals surface area contributed by atoms with Crippen LogP contribution in [-0.4, -0.2) is 43.2 Å². The highest BCUT2D eigenvalue weighted by Gasteiger charge is 2.39. The van der Waals surface area contributed by atoms with Crippen molar-refractivity contribution in [1.82, 2.24) is 10.2 Å². The second kappa shape index (κ2) is 8.58. The van der Waals surface area contributed by atoms with Crippen molar-refractivity contribution in [3.05, 3.63) is 65.2 Å². The fraction of sp³-hybridized carbons (Fsp3) is 0.478. The fourth-order valence-corrected chi connectivity index (χ4v) is 4.07. The molecule has 0 amide bonds. The maximum atomic E-state index is 13.6. The monoisotopic (exact) mass is 386 g/mol. The Bertz CT molecular complexity index is 767. The smallest absolute Gasteiger partial charge is 0.132 e. The van der Waals surface area contributed by atoms with E-state index in [0.717, 1.165) is 32.5 Å². The van der Waals surface area contributed by atoms with Crippen molar-refractivity contribution in [3.8, 4) is 5.75 Å². The Morgan fingerprint density at radius 3 is 2.43 bits per heavy atom. The van der Waals surface area contributed by atoms with Crippen LogP contribution in [0, 0.1) is 18.6 Å². The molecule has 2 aromatic rings. The van der Waals surface area contributed by atoms with E-state index in [2.05, 4.69) is 40.5 Å². The van der Waals surface area contributed by atoms with Crippen molar-refractivity contribution in [2.75, 3.05) is 26.2 Å². The number of hydrogen-bond donors (Lipinski definition) is 1. The molecule has 0 unspecified atom stereocenters. The summed E-state index contributed by atoms with van der Waals surface area (Å²) in [6, 6.07) is 14.5. The minimum atomic E-state index is -0.559. The molecule has 0 spiro atoms. The summed E-state index contributed by atoms with van der Waals surface area (Å²) in [6.07, 6.45) is 3.50. The van der Waals surface area contributed by atoms with Crippen LogP contribution in [0.5, 0.6) is 5.75 Å². The van der Waals surface area contributed by atoms with E-state index in [0.29, 0.717) is 24.6 Å². The molecular weight excluding hydrogens is 358 g/mol. The Labute approximate surface area is 165 Å². The molecule has 2 aliphatic rings. The van der Waals surface area contributed by atoms with Gasteiger partial charge >= 0.3 is 0 Å². The summed E-state index contributed by atoms with van der Waals surface area (Å²) < 4.78 is 32.7. The molecule has 2 fully saturated rings. The molecule has 1 saturated carbocycles. The van der Waals surface area contributed by atoms with Gasteiger partial charge in [0.2, 0.25) is 0 Å². The van der Waals surface area contributed by atoms with E-state index in [9.17, 15) is 8.78 Å². The minimum absolute atomic E-state index is 0.0343. The van der Waals surface area contributed by atoms with E-state index >= 15 is 0 Å². The van der Waals surface area contributed by atoms with Crippen molar-refractivity contribution in [2.45, 2.75) is 44.2 Å². The van der Waals surface area contributed by atoms with Crippen LogP contribution in [0.2, 0.25) is 0 Å². The van der Waals surface area contributed by atoms with Gasteiger partial charge in [0.1, 0.15) is 24.0 Å². The average Bonchev–Trinajstić information content (AvgIpc) is 3.47. The number of likely N-dealkylation sites (tertiary alicyclic amines) is 1. The molecule has 1 heterocycles. The second-order valence-electron chi connectivity index (χ2n) is 8.00. The third kappa shape index (κ3) is 4.70. The summed E-state index contributed by atoms with van der Waals surface area (Å²) in [7, 11) is 0. The van der Waals surface area contributed by atoms with Crippen molar-refractivity contribution in [2.24, 2.45) is 0 Å². The Kier molecular flexibility index (Phi) is 5.93. The van der Waals surface area contributed by atoms with Gasteiger partial charge in [0.05, 0.1) is 0 Å². The average molecular weight is 386 g/mol. The number of hydrogen-bond acceptors (Lipinski definition) is 3. The molecule has 3 nitrogen and oxygen atoms in total. The van der Waals surface area contributed by atoms with Crippen molar-refractivity contribution >= 4 is 0 Å². The summed E-state index contributed by atoms with van der Waals surface area (Å²) in [6.45, 7) is 4.70. The van der Waals surface area contributed by atoms with Crippen LogP contribution in [0.25, 0.3) is 0 Å². The summed E-state index contributed by atoms with van der Waals surface area (Å²) in [5.74, 6) is -0.188. The van der Waals surface area contributed by atoms with Crippen LogP contribution in [0.1, 0.15) is 36.3 Å². The van der Waals surface area contributed by atoms with E-state index in [1.165, 1.54) is 31.0 Å². The molecular formula is C23H28F2N2O. The molecule has 2 aromatic carbocycles. The first-order valence-electron chi connectivity index (χ1n) is 10.2. The van der Waals surface area contributed by atoms with Crippen LogP contribution < -0.4 is 10.1 Å². The molecule has 5 heteroatoms. The van der Waals surface area contributed by atoms with Crippen LogP contribution in [0.3, 0.4) is 0 Å². The van der Waals surface area contributed by atoms with Gasteiger partial charge in [-0.1, -0.05) is 30.3 Å². The minimum Gasteiger partial charge on any atom is -0.492 e. The molecule has 2 atom stereocenters. The first kappa shape index (κ1) is 19.3. The van der Waals surface area contributed by atoms with Gasteiger partial charge in [-0.3, -0.25) is 4.90 Å². The van der Waals surface area contributed by atoms with E-state index < -0.39 is 11.6 Å². The van der Waals surface area contributed by atoms with Crippen LogP contribution >= 0.6 is 0 Å². The van der Waals surface area contributed by atoms with Crippen LogP contribution in [0.4, 0.5) is 8.78 Å². The highest BCUT2D eigenvalue weighted by molar-refractivity contribution is 5.30. The zero-order valence-electron chi connectivity index (χ0n) is 16.3. The maximum Gasteiger partial charge on any atom is 0.132 e. The van der Waals surface area contributed by atoms with Gasteiger partial charge in [-0.05, 0) is 44.8 Å². The van der Waals surface area contributed by atoms with Gasteiger partial charge in [-0.2, -0.15) is 0 Å². The molecule has 1 aliphatic heterocycles. The zero-order chi connectivity index (χ0) is 19.5. The fourth-order valence-electron chi connectivity index (χ4n) is 4.07. The lowest BCUT2D eigenvalue weighted by Gasteiger charge is -2.32. The number of rotatable bonds is 7. The zero-order valence-corrected chi connectivity index (χ0v) is 16.3. The SMILES string of the molecule is Cc1c(F)cc(OCCN2CCC(N[C@@H]3C[C@H]3c3ccccc3)CC2)cc1F. The van der Waals surface area contributed by atoms with E-state index in [4.69, 9.17) is 4.74 Å². The van der Waals surface area contributed by atoms with Gasteiger partial charge in [0, 0.05) is 42.2 Å². The summed E-state index contributed by atoms with van der Waals surface area (Å²) in [4.78, 5) is 2.36. The van der Waals surface area contributed by atoms with Gasteiger partial charge in [-0.25, -0.2) is 8.78 Å². The summed E-state index contributed by atoms with van der Waals surface area (Å²) >= 11 is 0. The molecule has 0 radical (unpaired) electrons. The highest BCUT2D eigenvalue weighted by atomic mass is 19.1. The second-order valence-corrected chi connectivity index (χ2v) is 8.00. The predicted molar refractivity (Wildman–Crippen MR) is 107 cm³/mol. The third-order valence-electron chi connectivity index (χ3n) is 5.99. The lowest BCUT2D eigenvalue weighted by Crippen LogP contribution is -2.44. The van der Waals surface area contributed by atoms with Crippen LogP contribution in [0.15, 0.2) is 42.5 Å². The van der Waals surface area contributed by atoms with Gasteiger partial charge < -0.3 is 10.1 Å². The number of piperidine rings is 1. The predicted octanol–water partition coefficient (Wildman–Crippen LogP) is 4.26. The highest BCUT2D eigenvalue weighted by Crippen LogP contribution is 2.41. The van der Waals surface area contributed by atoms with Crippen molar-refractivity contribution in [3.63, 3.8) is 0 Å². The molecule has 1 aliphatic carbocycles. The first-order chi connectivity index (χ1) is 13.6. The molecule has 0 aromatic heterocycles. The molecule has 28 heavy (non-hydrogen) atoms. The van der Waals surface area contributed by atoms with E-state index in [1.807, 2.05) is 0 Å². The van der Waals surface area contributed by atoms with Crippen molar-refractivity contribution < 1.29 is 13.5 Å².